The lowest BCUT2D eigenvalue weighted by molar-refractivity contribution is 0.354. The van der Waals surface area contributed by atoms with Crippen LogP contribution in [-0.2, 0) is 12.8 Å². The van der Waals surface area contributed by atoms with Gasteiger partial charge in [0, 0.05) is 6.04 Å². The van der Waals surface area contributed by atoms with Crippen molar-refractivity contribution in [2.45, 2.75) is 32.2 Å². The Hall–Kier alpha value is -2.00. The van der Waals surface area contributed by atoms with Crippen LogP contribution >= 0.6 is 0 Å². The summed E-state index contributed by atoms with van der Waals surface area (Å²) in [4.78, 5) is 0. The summed E-state index contributed by atoms with van der Waals surface area (Å²) in [6.07, 6.45) is 3.25. The summed E-state index contributed by atoms with van der Waals surface area (Å²) in [7, 11) is 3.33. The zero-order chi connectivity index (χ0) is 16.5. The molecule has 0 radical (unpaired) electrons. The van der Waals surface area contributed by atoms with E-state index < -0.39 is 0 Å². The van der Waals surface area contributed by atoms with Gasteiger partial charge in [0.1, 0.15) is 0 Å². The Kier molecular flexibility index (Phi) is 6.95. The van der Waals surface area contributed by atoms with Crippen LogP contribution in [-0.4, -0.2) is 26.8 Å². The molecule has 2 aromatic rings. The maximum Gasteiger partial charge on any atom is 0.160 e. The molecule has 3 nitrogen and oxygen atoms in total. The molecule has 1 unspecified atom stereocenters. The summed E-state index contributed by atoms with van der Waals surface area (Å²) >= 11 is 0. The van der Waals surface area contributed by atoms with Gasteiger partial charge in [0.25, 0.3) is 0 Å². The molecule has 0 aliphatic rings. The molecule has 0 aliphatic heterocycles. The average molecular weight is 313 g/mol. The Morgan fingerprint density at radius 1 is 0.913 bits per heavy atom. The topological polar surface area (TPSA) is 30.5 Å². The summed E-state index contributed by atoms with van der Waals surface area (Å²) in [5.74, 6) is 1.57. The van der Waals surface area contributed by atoms with Crippen molar-refractivity contribution in [1.29, 1.82) is 0 Å². The van der Waals surface area contributed by atoms with Gasteiger partial charge in [0.15, 0.2) is 11.5 Å². The van der Waals surface area contributed by atoms with Crippen LogP contribution in [0.15, 0.2) is 48.5 Å². The Morgan fingerprint density at radius 2 is 1.65 bits per heavy atom. The molecule has 0 fully saturated rings. The second kappa shape index (κ2) is 9.21. The van der Waals surface area contributed by atoms with Crippen molar-refractivity contribution in [1.82, 2.24) is 5.32 Å². The number of ether oxygens (including phenoxy) is 2. The maximum atomic E-state index is 5.36. The molecule has 0 bridgehead atoms. The van der Waals surface area contributed by atoms with E-state index in [-0.39, 0.29) is 0 Å². The van der Waals surface area contributed by atoms with Gasteiger partial charge in [-0.25, -0.2) is 0 Å². The zero-order valence-corrected chi connectivity index (χ0v) is 14.3. The normalized spacial score (nSPS) is 12.0. The van der Waals surface area contributed by atoms with E-state index in [0.717, 1.165) is 37.3 Å². The second-order valence-corrected chi connectivity index (χ2v) is 5.84. The number of hydrogen-bond donors (Lipinski definition) is 1. The summed E-state index contributed by atoms with van der Waals surface area (Å²) in [6.45, 7) is 3.25. The van der Waals surface area contributed by atoms with E-state index in [4.69, 9.17) is 9.47 Å². The minimum absolute atomic E-state index is 0.434. The monoisotopic (exact) mass is 313 g/mol. The molecule has 124 valence electrons. The number of rotatable bonds is 9. The van der Waals surface area contributed by atoms with Gasteiger partial charge < -0.3 is 14.8 Å². The second-order valence-electron chi connectivity index (χ2n) is 5.84. The zero-order valence-electron chi connectivity index (χ0n) is 14.3. The predicted molar refractivity (Wildman–Crippen MR) is 95.5 cm³/mol. The van der Waals surface area contributed by atoms with Gasteiger partial charge in [0.2, 0.25) is 0 Å². The van der Waals surface area contributed by atoms with Crippen LogP contribution < -0.4 is 14.8 Å². The Morgan fingerprint density at radius 3 is 2.35 bits per heavy atom. The van der Waals surface area contributed by atoms with E-state index >= 15 is 0 Å². The fraction of sp³-hybridized carbons (Fsp3) is 0.400. The Bertz CT molecular complexity index is 583. The lowest BCUT2D eigenvalue weighted by atomic mass is 10.1. The lowest BCUT2D eigenvalue weighted by Crippen LogP contribution is -2.29. The number of methoxy groups -OCH3 is 2. The van der Waals surface area contributed by atoms with E-state index in [1.54, 1.807) is 14.2 Å². The molecule has 0 heterocycles. The van der Waals surface area contributed by atoms with E-state index in [1.165, 1.54) is 11.1 Å². The predicted octanol–water partition coefficient (Wildman–Crippen LogP) is 3.86. The first-order chi connectivity index (χ1) is 11.2. The highest BCUT2D eigenvalue weighted by Crippen LogP contribution is 2.27. The maximum absolute atomic E-state index is 5.36. The third-order valence-electron chi connectivity index (χ3n) is 3.97. The fourth-order valence-electron chi connectivity index (χ4n) is 2.72. The molecule has 0 saturated heterocycles. The number of aryl methyl sites for hydroxylation is 1. The Balaban J connectivity index is 1.75. The quantitative estimate of drug-likeness (QED) is 0.713. The van der Waals surface area contributed by atoms with Crippen LogP contribution in [0.4, 0.5) is 0 Å². The third kappa shape index (κ3) is 5.61. The van der Waals surface area contributed by atoms with E-state index in [1.807, 2.05) is 6.07 Å². The van der Waals surface area contributed by atoms with Gasteiger partial charge in [0.05, 0.1) is 14.2 Å². The van der Waals surface area contributed by atoms with Gasteiger partial charge in [-0.05, 0) is 56.0 Å². The molecule has 2 aromatic carbocycles. The summed E-state index contributed by atoms with van der Waals surface area (Å²) in [6, 6.07) is 17.2. The van der Waals surface area contributed by atoms with Crippen molar-refractivity contribution in [2.24, 2.45) is 0 Å². The first kappa shape index (κ1) is 17.4. The molecular weight excluding hydrogens is 286 g/mol. The van der Waals surface area contributed by atoms with Crippen molar-refractivity contribution < 1.29 is 9.47 Å². The van der Waals surface area contributed by atoms with Gasteiger partial charge >= 0.3 is 0 Å². The van der Waals surface area contributed by atoms with Crippen LogP contribution in [0.3, 0.4) is 0 Å². The van der Waals surface area contributed by atoms with Gasteiger partial charge in [-0.15, -0.1) is 0 Å². The molecule has 0 spiro atoms. The molecule has 0 saturated carbocycles. The van der Waals surface area contributed by atoms with E-state index in [9.17, 15) is 0 Å². The average Bonchev–Trinajstić information content (AvgIpc) is 2.59. The standard InChI is InChI=1S/C20H27NO2/c1-16(21-13-7-10-17-8-5-4-6-9-17)14-18-11-12-19(22-2)20(15-18)23-3/h4-6,8-9,11-12,15-16,21H,7,10,13-14H2,1-3H3. The van der Waals surface area contributed by atoms with Crippen molar-refractivity contribution in [3.05, 3.63) is 59.7 Å². The van der Waals surface area contributed by atoms with Crippen LogP contribution in [0.5, 0.6) is 11.5 Å². The highest BCUT2D eigenvalue weighted by Gasteiger charge is 2.07. The molecule has 1 atom stereocenters. The highest BCUT2D eigenvalue weighted by molar-refractivity contribution is 5.43. The van der Waals surface area contributed by atoms with Gasteiger partial charge in [-0.1, -0.05) is 36.4 Å². The van der Waals surface area contributed by atoms with E-state index in [2.05, 4.69) is 54.7 Å². The van der Waals surface area contributed by atoms with Crippen LogP contribution in [0.25, 0.3) is 0 Å². The molecule has 0 amide bonds. The molecule has 23 heavy (non-hydrogen) atoms. The molecule has 1 N–H and O–H groups in total. The molecular formula is C20H27NO2. The van der Waals surface area contributed by atoms with Crippen molar-refractivity contribution >= 4 is 0 Å². The Labute approximate surface area is 139 Å². The number of hydrogen-bond acceptors (Lipinski definition) is 3. The summed E-state index contributed by atoms with van der Waals surface area (Å²) in [5, 5.41) is 3.60. The first-order valence-corrected chi connectivity index (χ1v) is 8.21. The third-order valence-corrected chi connectivity index (χ3v) is 3.97. The van der Waals surface area contributed by atoms with Crippen LogP contribution in [0, 0.1) is 0 Å². The van der Waals surface area contributed by atoms with Crippen LogP contribution in [0.2, 0.25) is 0 Å². The highest BCUT2D eigenvalue weighted by atomic mass is 16.5. The minimum Gasteiger partial charge on any atom is -0.493 e. The largest absolute Gasteiger partial charge is 0.493 e. The minimum atomic E-state index is 0.434. The van der Waals surface area contributed by atoms with Crippen LogP contribution in [0.1, 0.15) is 24.5 Å². The smallest absolute Gasteiger partial charge is 0.160 e. The number of nitrogens with one attached hydrogen (secondary N) is 1. The van der Waals surface area contributed by atoms with Gasteiger partial charge in [-0.3, -0.25) is 0 Å². The summed E-state index contributed by atoms with van der Waals surface area (Å²) in [5.41, 5.74) is 2.66. The molecule has 3 heteroatoms. The van der Waals surface area contributed by atoms with Crippen molar-refractivity contribution in [3.63, 3.8) is 0 Å². The number of benzene rings is 2. The lowest BCUT2D eigenvalue weighted by Gasteiger charge is -2.15. The molecule has 2 rings (SSSR count). The summed E-state index contributed by atoms with van der Waals surface area (Å²) < 4.78 is 10.6. The molecule has 0 aliphatic carbocycles. The molecule has 0 aromatic heterocycles. The first-order valence-electron chi connectivity index (χ1n) is 8.21. The SMILES string of the molecule is COc1ccc(CC(C)NCCCc2ccccc2)cc1OC. The van der Waals surface area contributed by atoms with Gasteiger partial charge in [-0.2, -0.15) is 0 Å². The fourth-order valence-corrected chi connectivity index (χ4v) is 2.72. The van der Waals surface area contributed by atoms with Crippen molar-refractivity contribution in [3.8, 4) is 11.5 Å². The van der Waals surface area contributed by atoms with E-state index in [0.29, 0.717) is 6.04 Å². The van der Waals surface area contributed by atoms with Crippen molar-refractivity contribution in [2.75, 3.05) is 20.8 Å².